The molecule has 0 radical (unpaired) electrons. The number of hydrogen-bond donors (Lipinski definition) is 1. The highest BCUT2D eigenvalue weighted by Gasteiger charge is 2.05. The van der Waals surface area contributed by atoms with Crippen molar-refractivity contribution in [3.05, 3.63) is 46.7 Å². The largest absolute Gasteiger partial charge is 0.445 e. The highest BCUT2D eigenvalue weighted by Crippen LogP contribution is 2.10. The van der Waals surface area contributed by atoms with Gasteiger partial charge in [0, 0.05) is 12.7 Å². The molecule has 7 heteroatoms. The summed E-state index contributed by atoms with van der Waals surface area (Å²) in [5, 5.41) is 3.28. The molecule has 0 aromatic carbocycles. The average Bonchev–Trinajstić information content (AvgIpc) is 2.97. The molecular weight excluding hydrogens is 310 g/mol. The molecule has 3 aromatic heterocycles. The van der Waals surface area contributed by atoms with Gasteiger partial charge in [-0.1, -0.05) is 0 Å². The van der Waals surface area contributed by atoms with E-state index in [0.717, 1.165) is 21.7 Å². The summed E-state index contributed by atoms with van der Waals surface area (Å²) < 4.78 is 8.17. The quantitative estimate of drug-likeness (QED) is 0.796. The van der Waals surface area contributed by atoms with Crippen molar-refractivity contribution in [3.63, 3.8) is 0 Å². The predicted octanol–water partition coefficient (Wildman–Crippen LogP) is 2.08. The SMILES string of the molecule is Cc1cnc(CNCc2cnc3cnc(Br)cn23)o1. The van der Waals surface area contributed by atoms with Gasteiger partial charge in [-0.05, 0) is 22.9 Å². The monoisotopic (exact) mass is 321 g/mol. The third-order valence-corrected chi connectivity index (χ3v) is 3.10. The molecule has 0 aliphatic rings. The average molecular weight is 322 g/mol. The number of oxazole rings is 1. The van der Waals surface area contributed by atoms with Crippen molar-refractivity contribution >= 4 is 21.6 Å². The van der Waals surface area contributed by atoms with Crippen molar-refractivity contribution in [2.75, 3.05) is 0 Å². The second-order valence-corrected chi connectivity index (χ2v) is 4.97. The number of imidazole rings is 1. The van der Waals surface area contributed by atoms with Crippen LogP contribution in [0.25, 0.3) is 5.65 Å². The van der Waals surface area contributed by atoms with E-state index in [1.165, 1.54) is 0 Å². The van der Waals surface area contributed by atoms with E-state index < -0.39 is 0 Å². The van der Waals surface area contributed by atoms with Gasteiger partial charge in [0.25, 0.3) is 0 Å². The standard InChI is InChI=1S/C12H12BrN5O/c1-8-2-17-12(19-8)6-14-3-9-4-16-11-5-15-10(13)7-18(9)11/h2,4-5,7,14H,3,6H2,1H3. The molecule has 0 spiro atoms. The summed E-state index contributed by atoms with van der Waals surface area (Å²) in [4.78, 5) is 12.6. The van der Waals surface area contributed by atoms with Crippen LogP contribution in [0.1, 0.15) is 17.3 Å². The first-order valence-corrected chi connectivity index (χ1v) is 6.61. The van der Waals surface area contributed by atoms with E-state index in [0.29, 0.717) is 19.0 Å². The Labute approximate surface area is 118 Å². The first-order valence-electron chi connectivity index (χ1n) is 5.82. The Balaban J connectivity index is 1.70. The predicted molar refractivity (Wildman–Crippen MR) is 72.5 cm³/mol. The molecular formula is C12H12BrN5O. The van der Waals surface area contributed by atoms with E-state index in [-0.39, 0.29) is 0 Å². The zero-order chi connectivity index (χ0) is 13.2. The van der Waals surface area contributed by atoms with E-state index in [1.54, 1.807) is 12.4 Å². The maximum absolute atomic E-state index is 5.40. The minimum atomic E-state index is 0.591. The maximum Gasteiger partial charge on any atom is 0.208 e. The van der Waals surface area contributed by atoms with Crippen molar-refractivity contribution in [2.24, 2.45) is 0 Å². The molecule has 0 aliphatic carbocycles. The third kappa shape index (κ3) is 2.66. The van der Waals surface area contributed by atoms with Gasteiger partial charge in [0.15, 0.2) is 5.65 Å². The third-order valence-electron chi connectivity index (χ3n) is 2.69. The molecule has 3 heterocycles. The number of aryl methyl sites for hydroxylation is 1. The Kier molecular flexibility index (Phi) is 3.31. The lowest BCUT2D eigenvalue weighted by atomic mass is 10.4. The van der Waals surface area contributed by atoms with Gasteiger partial charge in [-0.15, -0.1) is 0 Å². The van der Waals surface area contributed by atoms with Gasteiger partial charge in [-0.25, -0.2) is 15.0 Å². The van der Waals surface area contributed by atoms with E-state index >= 15 is 0 Å². The van der Waals surface area contributed by atoms with Crippen LogP contribution < -0.4 is 5.32 Å². The molecule has 0 bridgehead atoms. The van der Waals surface area contributed by atoms with Crippen molar-refractivity contribution in [3.8, 4) is 0 Å². The second-order valence-electron chi connectivity index (χ2n) is 4.16. The molecule has 0 amide bonds. The molecule has 3 aromatic rings. The Morgan fingerprint density at radius 1 is 1.21 bits per heavy atom. The van der Waals surface area contributed by atoms with Gasteiger partial charge in [0.2, 0.25) is 5.89 Å². The molecule has 3 rings (SSSR count). The van der Waals surface area contributed by atoms with Gasteiger partial charge >= 0.3 is 0 Å². The number of aromatic nitrogens is 4. The van der Waals surface area contributed by atoms with E-state index in [9.17, 15) is 0 Å². The number of rotatable bonds is 4. The van der Waals surface area contributed by atoms with Crippen LogP contribution in [0.4, 0.5) is 0 Å². The Hall–Kier alpha value is -1.73. The lowest BCUT2D eigenvalue weighted by Gasteiger charge is -2.03. The van der Waals surface area contributed by atoms with Gasteiger partial charge in [-0.3, -0.25) is 4.40 Å². The number of hydrogen-bond acceptors (Lipinski definition) is 5. The minimum absolute atomic E-state index is 0.591. The number of nitrogens with zero attached hydrogens (tertiary/aromatic N) is 4. The molecule has 0 saturated carbocycles. The molecule has 19 heavy (non-hydrogen) atoms. The van der Waals surface area contributed by atoms with E-state index in [2.05, 4.69) is 36.2 Å². The smallest absolute Gasteiger partial charge is 0.208 e. The molecule has 0 unspecified atom stereocenters. The van der Waals surface area contributed by atoms with Crippen LogP contribution in [-0.2, 0) is 13.1 Å². The van der Waals surface area contributed by atoms with Crippen LogP contribution in [0.3, 0.4) is 0 Å². The summed E-state index contributed by atoms with van der Waals surface area (Å²) >= 11 is 3.35. The summed E-state index contributed by atoms with van der Waals surface area (Å²) in [5.74, 6) is 1.51. The van der Waals surface area contributed by atoms with Crippen LogP contribution >= 0.6 is 15.9 Å². The number of fused-ring (bicyclic) bond motifs is 1. The molecule has 6 nitrogen and oxygen atoms in total. The zero-order valence-electron chi connectivity index (χ0n) is 10.3. The molecule has 0 atom stereocenters. The topological polar surface area (TPSA) is 68.2 Å². The minimum Gasteiger partial charge on any atom is -0.445 e. The number of nitrogens with one attached hydrogen (secondary N) is 1. The molecule has 0 aliphatic heterocycles. The highest BCUT2D eigenvalue weighted by atomic mass is 79.9. The fraction of sp³-hybridized carbons (Fsp3) is 0.250. The van der Waals surface area contributed by atoms with Crippen LogP contribution in [0, 0.1) is 6.92 Å². The van der Waals surface area contributed by atoms with Crippen molar-refractivity contribution in [1.82, 2.24) is 24.7 Å². The lowest BCUT2D eigenvalue weighted by Crippen LogP contribution is -2.14. The fourth-order valence-electron chi connectivity index (χ4n) is 1.83. The first kappa shape index (κ1) is 12.3. The zero-order valence-corrected chi connectivity index (χ0v) is 11.9. The Morgan fingerprint density at radius 3 is 2.89 bits per heavy atom. The van der Waals surface area contributed by atoms with Crippen molar-refractivity contribution < 1.29 is 4.42 Å². The van der Waals surface area contributed by atoms with Gasteiger partial charge in [0.05, 0.1) is 30.8 Å². The van der Waals surface area contributed by atoms with Gasteiger partial charge in [-0.2, -0.15) is 0 Å². The first-order chi connectivity index (χ1) is 9.22. The van der Waals surface area contributed by atoms with Crippen molar-refractivity contribution in [1.29, 1.82) is 0 Å². The Bertz CT molecular complexity index is 705. The Morgan fingerprint density at radius 2 is 2.11 bits per heavy atom. The van der Waals surface area contributed by atoms with Gasteiger partial charge < -0.3 is 9.73 Å². The maximum atomic E-state index is 5.40. The van der Waals surface area contributed by atoms with Crippen molar-refractivity contribution in [2.45, 2.75) is 20.0 Å². The number of halogens is 1. The highest BCUT2D eigenvalue weighted by molar-refractivity contribution is 9.10. The van der Waals surface area contributed by atoms with Crippen LogP contribution in [0.15, 0.2) is 33.8 Å². The summed E-state index contributed by atoms with van der Waals surface area (Å²) in [6.07, 6.45) is 7.17. The van der Waals surface area contributed by atoms with E-state index in [4.69, 9.17) is 4.42 Å². The van der Waals surface area contributed by atoms with Crippen LogP contribution in [0.5, 0.6) is 0 Å². The molecule has 98 valence electrons. The summed E-state index contributed by atoms with van der Waals surface area (Å²) in [5.41, 5.74) is 1.88. The molecule has 0 saturated heterocycles. The van der Waals surface area contributed by atoms with Crippen LogP contribution in [-0.4, -0.2) is 19.4 Å². The lowest BCUT2D eigenvalue weighted by molar-refractivity contribution is 0.448. The van der Waals surface area contributed by atoms with E-state index in [1.807, 2.05) is 23.7 Å². The summed E-state index contributed by atoms with van der Waals surface area (Å²) in [6, 6.07) is 0. The fourth-order valence-corrected chi connectivity index (χ4v) is 2.13. The molecule has 1 N–H and O–H groups in total. The van der Waals surface area contributed by atoms with Crippen LogP contribution in [0.2, 0.25) is 0 Å². The molecule has 0 fully saturated rings. The second kappa shape index (κ2) is 5.10. The summed E-state index contributed by atoms with van der Waals surface area (Å²) in [7, 11) is 0. The van der Waals surface area contributed by atoms with Gasteiger partial charge in [0.1, 0.15) is 10.4 Å². The summed E-state index contributed by atoms with van der Waals surface area (Å²) in [6.45, 7) is 3.15. The normalized spacial score (nSPS) is 11.3.